The van der Waals surface area contributed by atoms with Crippen molar-refractivity contribution in [3.63, 3.8) is 0 Å². The largest absolute Gasteiger partial charge is 0.497 e. The maximum absolute atomic E-state index is 11.5. The lowest BCUT2D eigenvalue weighted by Crippen LogP contribution is -2.14. The van der Waals surface area contributed by atoms with Gasteiger partial charge in [0.05, 0.1) is 19.7 Å². The van der Waals surface area contributed by atoms with E-state index in [0.717, 1.165) is 16.7 Å². The van der Waals surface area contributed by atoms with Gasteiger partial charge in [-0.2, -0.15) is 0 Å². The highest BCUT2D eigenvalue weighted by Gasteiger charge is 2.10. The number of nitrogens with zero attached hydrogens (tertiary/aromatic N) is 2. The van der Waals surface area contributed by atoms with Crippen LogP contribution in [0.5, 0.6) is 11.5 Å². The summed E-state index contributed by atoms with van der Waals surface area (Å²) >= 11 is 0. The third kappa shape index (κ3) is 7.13. The zero-order valence-electron chi connectivity index (χ0n) is 18.0. The van der Waals surface area contributed by atoms with Gasteiger partial charge in [-0.05, 0) is 35.9 Å². The first-order chi connectivity index (χ1) is 15.4. The van der Waals surface area contributed by atoms with Crippen LogP contribution in [0.15, 0.2) is 42.6 Å². The van der Waals surface area contributed by atoms with Gasteiger partial charge in [-0.15, -0.1) is 0 Å². The van der Waals surface area contributed by atoms with Crippen molar-refractivity contribution < 1.29 is 33.7 Å². The van der Waals surface area contributed by atoms with Crippen LogP contribution in [0.2, 0.25) is 0 Å². The zero-order chi connectivity index (χ0) is 23.5. The normalized spacial score (nSPS) is 10.0. The van der Waals surface area contributed by atoms with Crippen molar-refractivity contribution in [3.8, 4) is 11.5 Å². The van der Waals surface area contributed by atoms with E-state index in [1.54, 1.807) is 31.5 Å². The van der Waals surface area contributed by atoms with Gasteiger partial charge in [0.2, 0.25) is 0 Å². The average Bonchev–Trinajstić information content (AvgIpc) is 2.82. The molecule has 3 aromatic rings. The first-order valence-electron chi connectivity index (χ1n) is 9.57. The van der Waals surface area contributed by atoms with E-state index in [9.17, 15) is 14.4 Å². The van der Waals surface area contributed by atoms with Crippen molar-refractivity contribution in [2.45, 2.75) is 20.0 Å². The van der Waals surface area contributed by atoms with Gasteiger partial charge in [-0.25, -0.2) is 9.97 Å². The number of benzene rings is 2. The number of hydrogen-bond acceptors (Lipinski definition) is 9. The Morgan fingerprint density at radius 1 is 1.06 bits per heavy atom. The van der Waals surface area contributed by atoms with Crippen LogP contribution < -0.4 is 9.47 Å². The SMILES string of the molecule is COc1ccc(CC(=O)COC(C)=O)c(C=O)c1.COc1ccc2nc(CO)ncc2c1. The molecule has 0 amide bonds. The lowest BCUT2D eigenvalue weighted by molar-refractivity contribution is -0.145. The molecule has 9 heteroatoms. The second-order valence-corrected chi connectivity index (χ2v) is 6.55. The van der Waals surface area contributed by atoms with Gasteiger partial charge in [0.25, 0.3) is 0 Å². The van der Waals surface area contributed by atoms with Crippen LogP contribution in [0.4, 0.5) is 0 Å². The fraction of sp³-hybridized carbons (Fsp3) is 0.261. The molecular formula is C23H24N2O7. The van der Waals surface area contributed by atoms with E-state index in [4.69, 9.17) is 14.6 Å². The lowest BCUT2D eigenvalue weighted by atomic mass is 10.0. The molecule has 1 aromatic heterocycles. The summed E-state index contributed by atoms with van der Waals surface area (Å²) in [5.74, 6) is 0.987. The molecule has 3 rings (SSSR count). The smallest absolute Gasteiger partial charge is 0.303 e. The van der Waals surface area contributed by atoms with Gasteiger partial charge in [-0.1, -0.05) is 6.07 Å². The predicted molar refractivity (Wildman–Crippen MR) is 116 cm³/mol. The average molecular weight is 440 g/mol. The first kappa shape index (κ1) is 24.4. The zero-order valence-corrected chi connectivity index (χ0v) is 18.0. The number of esters is 1. The van der Waals surface area contributed by atoms with E-state index in [0.29, 0.717) is 29.0 Å². The van der Waals surface area contributed by atoms with Crippen molar-refractivity contribution in [1.29, 1.82) is 0 Å². The third-order valence-electron chi connectivity index (χ3n) is 4.28. The molecule has 0 saturated carbocycles. The van der Waals surface area contributed by atoms with Crippen LogP contribution >= 0.6 is 0 Å². The quantitative estimate of drug-likeness (QED) is 0.415. The fourth-order valence-corrected chi connectivity index (χ4v) is 2.67. The van der Waals surface area contributed by atoms with E-state index in [-0.39, 0.29) is 25.4 Å². The first-order valence-corrected chi connectivity index (χ1v) is 9.57. The summed E-state index contributed by atoms with van der Waals surface area (Å²) in [6.45, 7) is 0.819. The number of hydrogen-bond donors (Lipinski definition) is 1. The second-order valence-electron chi connectivity index (χ2n) is 6.55. The highest BCUT2D eigenvalue weighted by atomic mass is 16.5. The minimum atomic E-state index is -0.506. The van der Waals surface area contributed by atoms with Crippen molar-refractivity contribution in [1.82, 2.24) is 9.97 Å². The van der Waals surface area contributed by atoms with E-state index in [1.807, 2.05) is 18.2 Å². The van der Waals surface area contributed by atoms with Crippen LogP contribution in [-0.2, 0) is 27.4 Å². The van der Waals surface area contributed by atoms with Crippen molar-refractivity contribution >= 4 is 28.9 Å². The third-order valence-corrected chi connectivity index (χ3v) is 4.28. The Balaban J connectivity index is 0.000000233. The summed E-state index contributed by atoms with van der Waals surface area (Å²) in [5, 5.41) is 9.75. The van der Waals surface area contributed by atoms with E-state index < -0.39 is 5.97 Å². The number of aliphatic hydroxyl groups is 1. The molecule has 0 bridgehead atoms. The maximum Gasteiger partial charge on any atom is 0.303 e. The molecule has 9 nitrogen and oxygen atoms in total. The number of aldehydes is 1. The molecule has 1 N–H and O–H groups in total. The van der Waals surface area contributed by atoms with Gasteiger partial charge in [0, 0.05) is 30.5 Å². The Hall–Kier alpha value is -3.85. The number of ether oxygens (including phenoxy) is 3. The van der Waals surface area contributed by atoms with Gasteiger partial charge < -0.3 is 19.3 Å². The molecule has 32 heavy (non-hydrogen) atoms. The van der Waals surface area contributed by atoms with Gasteiger partial charge in [-0.3, -0.25) is 14.4 Å². The monoisotopic (exact) mass is 440 g/mol. The summed E-state index contributed by atoms with van der Waals surface area (Å²) in [7, 11) is 3.11. The van der Waals surface area contributed by atoms with Crippen molar-refractivity contribution in [2.24, 2.45) is 0 Å². The molecule has 0 aliphatic carbocycles. The molecule has 0 spiro atoms. The molecule has 0 aliphatic heterocycles. The number of rotatable bonds is 8. The number of aromatic nitrogens is 2. The number of aliphatic hydroxyl groups excluding tert-OH is 1. The summed E-state index contributed by atoms with van der Waals surface area (Å²) < 4.78 is 14.6. The van der Waals surface area contributed by atoms with E-state index in [2.05, 4.69) is 14.7 Å². The number of methoxy groups -OCH3 is 2. The standard InChI is InChI=1S/C13H14O5.C10H10N2O2/c1-9(15)18-8-12(16)5-10-3-4-13(17-2)6-11(10)7-14;1-14-8-2-3-9-7(4-8)5-11-10(6-13)12-9/h3-4,6-7H,5,8H2,1-2H3;2-5,13H,6H2,1H3. The van der Waals surface area contributed by atoms with Crippen LogP contribution in [0.25, 0.3) is 10.9 Å². The molecule has 1 heterocycles. The molecule has 0 aliphatic rings. The number of Topliss-reactive ketones (excluding diaryl/α,β-unsaturated/α-hetero) is 1. The molecule has 0 atom stereocenters. The second kappa shape index (κ2) is 12.1. The maximum atomic E-state index is 11.5. The highest BCUT2D eigenvalue weighted by Crippen LogP contribution is 2.18. The number of carbonyl (C=O) groups excluding carboxylic acids is 3. The molecular weight excluding hydrogens is 416 g/mol. The number of fused-ring (bicyclic) bond motifs is 1. The Morgan fingerprint density at radius 2 is 1.75 bits per heavy atom. The highest BCUT2D eigenvalue weighted by molar-refractivity contribution is 5.87. The molecule has 168 valence electrons. The van der Waals surface area contributed by atoms with Crippen LogP contribution in [-0.4, -0.2) is 53.9 Å². The van der Waals surface area contributed by atoms with E-state index in [1.165, 1.54) is 14.0 Å². The Labute approximate surface area is 185 Å². The molecule has 0 radical (unpaired) electrons. The molecule has 0 saturated heterocycles. The molecule has 0 unspecified atom stereocenters. The summed E-state index contributed by atoms with van der Waals surface area (Å²) in [5.41, 5.74) is 1.79. The molecule has 0 fully saturated rings. The summed E-state index contributed by atoms with van der Waals surface area (Å²) in [4.78, 5) is 41.1. The van der Waals surface area contributed by atoms with E-state index >= 15 is 0 Å². The predicted octanol–water partition coefficient (Wildman–Crippen LogP) is 2.31. The Bertz CT molecular complexity index is 1060. The Kier molecular flexibility index (Phi) is 9.24. The summed E-state index contributed by atoms with van der Waals surface area (Å²) in [6.07, 6.45) is 2.39. The minimum absolute atomic E-state index is 0.0470. The topological polar surface area (TPSA) is 125 Å². The van der Waals surface area contributed by atoms with Crippen LogP contribution in [0, 0.1) is 0 Å². The van der Waals surface area contributed by atoms with Gasteiger partial charge in [0.15, 0.2) is 11.6 Å². The van der Waals surface area contributed by atoms with Crippen molar-refractivity contribution in [3.05, 3.63) is 59.5 Å². The van der Waals surface area contributed by atoms with Crippen LogP contribution in [0.1, 0.15) is 28.7 Å². The van der Waals surface area contributed by atoms with Crippen LogP contribution in [0.3, 0.4) is 0 Å². The van der Waals surface area contributed by atoms with Gasteiger partial charge in [0.1, 0.15) is 31.0 Å². The number of ketones is 1. The minimum Gasteiger partial charge on any atom is -0.497 e. The number of carbonyl (C=O) groups is 3. The fourth-order valence-electron chi connectivity index (χ4n) is 2.67. The lowest BCUT2D eigenvalue weighted by Gasteiger charge is -2.07. The summed E-state index contributed by atoms with van der Waals surface area (Å²) in [6, 6.07) is 10.4. The van der Waals surface area contributed by atoms with Crippen molar-refractivity contribution in [2.75, 3.05) is 20.8 Å². The van der Waals surface area contributed by atoms with Gasteiger partial charge >= 0.3 is 5.97 Å². The Morgan fingerprint density at radius 3 is 2.38 bits per heavy atom. The molecule has 2 aromatic carbocycles.